The van der Waals surface area contributed by atoms with Crippen LogP contribution in [0.3, 0.4) is 0 Å². The van der Waals surface area contributed by atoms with Crippen molar-refractivity contribution in [3.8, 4) is 5.75 Å². The SMILES string of the molecule is CC1(C)SCN(C(=O)C(O)C(Cc2ccccc2)NC(=O)CSc2ncn[nH]2)C1C(=O)NC1CCOc2ccccc21. The van der Waals surface area contributed by atoms with Gasteiger partial charge in [-0.25, -0.2) is 4.98 Å². The number of amides is 3. The molecule has 3 amide bonds. The normalized spacial score (nSPS) is 20.6. The summed E-state index contributed by atoms with van der Waals surface area (Å²) in [5, 5.41) is 24.3. The molecule has 13 heteroatoms. The van der Waals surface area contributed by atoms with E-state index >= 15 is 0 Å². The van der Waals surface area contributed by atoms with E-state index in [9.17, 15) is 19.5 Å². The predicted octanol–water partition coefficient (Wildman–Crippen LogP) is 2.31. The second-order valence-electron chi connectivity index (χ2n) is 10.7. The number of H-pyrrole nitrogens is 1. The van der Waals surface area contributed by atoms with Crippen LogP contribution in [0.5, 0.6) is 5.75 Å². The van der Waals surface area contributed by atoms with Gasteiger partial charge in [0.15, 0.2) is 11.3 Å². The van der Waals surface area contributed by atoms with Crippen LogP contribution in [-0.2, 0) is 20.8 Å². The Bertz CT molecular complexity index is 1390. The molecule has 0 bridgehead atoms. The van der Waals surface area contributed by atoms with Gasteiger partial charge in [-0.05, 0) is 31.9 Å². The highest BCUT2D eigenvalue weighted by molar-refractivity contribution is 8.01. The van der Waals surface area contributed by atoms with E-state index in [4.69, 9.17) is 4.74 Å². The van der Waals surface area contributed by atoms with Crippen LogP contribution in [0.25, 0.3) is 0 Å². The molecule has 0 radical (unpaired) electrons. The second-order valence-corrected chi connectivity index (χ2v) is 13.3. The summed E-state index contributed by atoms with van der Waals surface area (Å²) in [4.78, 5) is 46.0. The maximum Gasteiger partial charge on any atom is 0.254 e. The average molecular weight is 611 g/mol. The van der Waals surface area contributed by atoms with Crippen molar-refractivity contribution in [3.05, 3.63) is 72.1 Å². The van der Waals surface area contributed by atoms with Crippen LogP contribution in [0.15, 0.2) is 66.1 Å². The molecule has 0 spiro atoms. The number of benzene rings is 2. The Morgan fingerprint density at radius 1 is 1.19 bits per heavy atom. The smallest absolute Gasteiger partial charge is 0.254 e. The minimum absolute atomic E-state index is 0.0194. The Kier molecular flexibility index (Phi) is 9.39. The zero-order valence-corrected chi connectivity index (χ0v) is 25.0. The fraction of sp³-hybridized carbons (Fsp3) is 0.414. The summed E-state index contributed by atoms with van der Waals surface area (Å²) in [6.45, 7) is 4.31. The van der Waals surface area contributed by atoms with Crippen LogP contribution in [0.1, 0.15) is 37.4 Å². The van der Waals surface area contributed by atoms with E-state index in [1.54, 1.807) is 0 Å². The number of aromatic amines is 1. The number of aromatic nitrogens is 3. The lowest BCUT2D eigenvalue weighted by molar-refractivity contribution is -0.148. The molecule has 0 saturated carbocycles. The maximum atomic E-state index is 13.9. The highest BCUT2D eigenvalue weighted by Gasteiger charge is 2.50. The van der Waals surface area contributed by atoms with Crippen molar-refractivity contribution < 1.29 is 24.2 Å². The number of para-hydroxylation sites is 1. The van der Waals surface area contributed by atoms with Crippen LogP contribution in [-0.4, -0.2) is 84.1 Å². The molecule has 2 aliphatic heterocycles. The Labute approximate surface area is 252 Å². The molecule has 1 fully saturated rings. The number of carbonyl (C=O) groups is 3. The number of nitrogens with one attached hydrogen (secondary N) is 3. The van der Waals surface area contributed by atoms with Gasteiger partial charge < -0.3 is 25.4 Å². The van der Waals surface area contributed by atoms with E-state index in [2.05, 4.69) is 25.8 Å². The van der Waals surface area contributed by atoms with Crippen LogP contribution in [0.2, 0.25) is 0 Å². The van der Waals surface area contributed by atoms with Gasteiger partial charge in [-0.2, -0.15) is 5.10 Å². The predicted molar refractivity (Wildman–Crippen MR) is 160 cm³/mol. The van der Waals surface area contributed by atoms with Gasteiger partial charge in [-0.15, -0.1) is 11.8 Å². The topological polar surface area (TPSA) is 150 Å². The van der Waals surface area contributed by atoms with E-state index in [-0.39, 0.29) is 35.9 Å². The first-order chi connectivity index (χ1) is 20.2. The fourth-order valence-electron chi connectivity index (χ4n) is 5.25. The van der Waals surface area contributed by atoms with E-state index in [0.29, 0.717) is 18.2 Å². The highest BCUT2D eigenvalue weighted by Crippen LogP contribution is 2.41. The van der Waals surface area contributed by atoms with Crippen molar-refractivity contribution in [2.75, 3.05) is 18.2 Å². The molecule has 4 N–H and O–H groups in total. The molecule has 222 valence electrons. The summed E-state index contributed by atoms with van der Waals surface area (Å²) in [7, 11) is 0. The summed E-state index contributed by atoms with van der Waals surface area (Å²) in [5.41, 5.74) is 1.74. The molecular weight excluding hydrogens is 576 g/mol. The molecule has 3 heterocycles. The van der Waals surface area contributed by atoms with Gasteiger partial charge in [-0.1, -0.05) is 60.3 Å². The Morgan fingerprint density at radius 2 is 1.95 bits per heavy atom. The third kappa shape index (κ3) is 6.90. The number of ether oxygens (including phenoxy) is 1. The third-order valence-electron chi connectivity index (χ3n) is 7.36. The second kappa shape index (κ2) is 13.2. The summed E-state index contributed by atoms with van der Waals surface area (Å²) in [6.07, 6.45) is 0.616. The summed E-state index contributed by atoms with van der Waals surface area (Å²) in [5.74, 6) is -0.278. The number of thioether (sulfide) groups is 2. The zero-order chi connectivity index (χ0) is 29.7. The van der Waals surface area contributed by atoms with Gasteiger partial charge in [0.1, 0.15) is 18.1 Å². The maximum absolute atomic E-state index is 13.9. The zero-order valence-electron chi connectivity index (χ0n) is 23.4. The first-order valence-corrected chi connectivity index (χ1v) is 15.7. The van der Waals surface area contributed by atoms with Crippen molar-refractivity contribution in [2.24, 2.45) is 0 Å². The number of hydrogen-bond acceptors (Lipinski definition) is 9. The average Bonchev–Trinajstić information content (AvgIpc) is 3.63. The van der Waals surface area contributed by atoms with Crippen LogP contribution < -0.4 is 15.4 Å². The molecule has 4 atom stereocenters. The van der Waals surface area contributed by atoms with E-state index in [1.807, 2.05) is 68.4 Å². The number of aliphatic hydroxyl groups is 1. The minimum atomic E-state index is -1.57. The molecule has 2 aromatic carbocycles. The van der Waals surface area contributed by atoms with Gasteiger partial charge in [0, 0.05) is 16.7 Å². The molecule has 0 aliphatic carbocycles. The van der Waals surface area contributed by atoms with Gasteiger partial charge in [-0.3, -0.25) is 19.5 Å². The van der Waals surface area contributed by atoms with Crippen molar-refractivity contribution in [2.45, 2.75) is 60.8 Å². The monoisotopic (exact) mass is 610 g/mol. The Morgan fingerprint density at radius 3 is 2.71 bits per heavy atom. The standard InChI is InChI=1S/C29H34N6O5S2/c1-29(2)25(26(38)33-20-12-13-40-22-11-7-6-10-19(20)22)35(17-42-29)27(39)24(37)21(14-18-8-4-3-5-9-18)32-23(36)15-41-28-30-16-31-34-28/h3-11,16,20-21,24-25,37H,12-15,17H2,1-2H3,(H,32,36)(H,33,38)(H,30,31,34). The van der Waals surface area contributed by atoms with Gasteiger partial charge >= 0.3 is 0 Å². The van der Waals surface area contributed by atoms with Crippen molar-refractivity contribution in [1.82, 2.24) is 30.7 Å². The lowest BCUT2D eigenvalue weighted by atomic mass is 9.95. The minimum Gasteiger partial charge on any atom is -0.493 e. The summed E-state index contributed by atoms with van der Waals surface area (Å²) in [6, 6.07) is 14.9. The number of carbonyl (C=O) groups excluding carboxylic acids is 3. The molecular formula is C29H34N6O5S2. The fourth-order valence-corrected chi connectivity index (χ4v) is 6.98. The van der Waals surface area contributed by atoms with E-state index in [1.165, 1.54) is 23.0 Å². The Balaban J connectivity index is 1.32. The molecule has 5 rings (SSSR count). The molecule has 1 aromatic heterocycles. The Hall–Kier alpha value is -3.55. The van der Waals surface area contributed by atoms with E-state index in [0.717, 1.165) is 28.6 Å². The molecule has 3 aromatic rings. The number of hydrogen-bond donors (Lipinski definition) is 4. The quantitative estimate of drug-likeness (QED) is 0.254. The lowest BCUT2D eigenvalue weighted by Crippen LogP contribution is -2.59. The van der Waals surface area contributed by atoms with Crippen LogP contribution in [0, 0.1) is 0 Å². The van der Waals surface area contributed by atoms with E-state index < -0.39 is 28.8 Å². The molecule has 2 aliphatic rings. The van der Waals surface area contributed by atoms with Gasteiger partial charge in [0.25, 0.3) is 5.91 Å². The first kappa shape index (κ1) is 29.9. The van der Waals surface area contributed by atoms with Crippen LogP contribution in [0.4, 0.5) is 0 Å². The van der Waals surface area contributed by atoms with Gasteiger partial charge in [0.2, 0.25) is 11.8 Å². The van der Waals surface area contributed by atoms with Crippen LogP contribution >= 0.6 is 23.5 Å². The number of nitrogens with zero attached hydrogens (tertiary/aromatic N) is 3. The first-order valence-electron chi connectivity index (χ1n) is 13.7. The largest absolute Gasteiger partial charge is 0.493 e. The molecule has 4 unspecified atom stereocenters. The number of aliphatic hydroxyl groups excluding tert-OH is 1. The molecule has 42 heavy (non-hydrogen) atoms. The van der Waals surface area contributed by atoms with Crippen molar-refractivity contribution >= 4 is 41.2 Å². The number of fused-ring (bicyclic) bond motifs is 1. The summed E-state index contributed by atoms with van der Waals surface area (Å²) >= 11 is 2.64. The van der Waals surface area contributed by atoms with Crippen molar-refractivity contribution in [3.63, 3.8) is 0 Å². The van der Waals surface area contributed by atoms with Gasteiger partial charge in [0.05, 0.1) is 30.3 Å². The third-order valence-corrected chi connectivity index (χ3v) is 9.62. The van der Waals surface area contributed by atoms with Crippen molar-refractivity contribution in [1.29, 1.82) is 0 Å². The molecule has 1 saturated heterocycles. The molecule has 11 nitrogen and oxygen atoms in total. The highest BCUT2D eigenvalue weighted by atomic mass is 32.2. The number of rotatable bonds is 10. The lowest BCUT2D eigenvalue weighted by Gasteiger charge is -2.35. The summed E-state index contributed by atoms with van der Waals surface area (Å²) < 4.78 is 5.14.